The van der Waals surface area contributed by atoms with Crippen molar-refractivity contribution in [1.82, 2.24) is 20.1 Å². The number of carbonyl (C=O) groups excluding carboxylic acids is 1. The minimum absolute atomic E-state index is 0.0944. The molecule has 2 heterocycles. The van der Waals surface area contributed by atoms with Gasteiger partial charge in [-0.2, -0.15) is 13.2 Å². The van der Waals surface area contributed by atoms with Gasteiger partial charge in [-0.3, -0.25) is 4.79 Å². The quantitative estimate of drug-likeness (QED) is 0.498. The third kappa shape index (κ3) is 4.50. The Bertz CT molecular complexity index is 1200. The summed E-state index contributed by atoms with van der Waals surface area (Å²) >= 11 is 0. The Hall–Kier alpha value is -3.88. The lowest BCUT2D eigenvalue weighted by Crippen LogP contribution is -2.24. The lowest BCUT2D eigenvalue weighted by atomic mass is 10.1. The van der Waals surface area contributed by atoms with E-state index in [4.69, 9.17) is 4.42 Å². The first-order chi connectivity index (χ1) is 14.8. The van der Waals surface area contributed by atoms with Crippen LogP contribution in [-0.4, -0.2) is 20.7 Å². The van der Waals surface area contributed by atoms with Gasteiger partial charge in [-0.05, 0) is 42.8 Å². The zero-order chi connectivity index (χ0) is 22.0. The predicted molar refractivity (Wildman–Crippen MR) is 106 cm³/mol. The van der Waals surface area contributed by atoms with Crippen LogP contribution in [0.15, 0.2) is 71.5 Å². The molecule has 31 heavy (non-hydrogen) atoms. The molecule has 0 saturated heterocycles. The van der Waals surface area contributed by atoms with Gasteiger partial charge in [0.2, 0.25) is 5.82 Å². The molecule has 6 nitrogen and oxygen atoms in total. The molecule has 0 saturated carbocycles. The van der Waals surface area contributed by atoms with Crippen molar-refractivity contribution in [2.24, 2.45) is 0 Å². The second-order valence-corrected chi connectivity index (χ2v) is 6.90. The monoisotopic (exact) mass is 426 g/mol. The van der Waals surface area contributed by atoms with Gasteiger partial charge >= 0.3 is 6.18 Å². The smallest absolute Gasteiger partial charge is 0.416 e. The fourth-order valence-electron chi connectivity index (χ4n) is 2.97. The van der Waals surface area contributed by atoms with Gasteiger partial charge in [-0.15, -0.1) is 5.10 Å². The van der Waals surface area contributed by atoms with Crippen molar-refractivity contribution in [2.45, 2.75) is 19.6 Å². The minimum atomic E-state index is -4.45. The highest BCUT2D eigenvalue weighted by molar-refractivity contribution is 5.91. The Kier molecular flexibility index (Phi) is 5.33. The van der Waals surface area contributed by atoms with Gasteiger partial charge in [0, 0.05) is 6.54 Å². The van der Waals surface area contributed by atoms with E-state index in [9.17, 15) is 18.0 Å². The van der Waals surface area contributed by atoms with Gasteiger partial charge < -0.3 is 9.73 Å². The number of alkyl halides is 3. The topological polar surface area (TPSA) is 73.0 Å². The highest BCUT2D eigenvalue weighted by Gasteiger charge is 2.30. The summed E-state index contributed by atoms with van der Waals surface area (Å²) in [5.74, 6) is -0.307. The number of halogens is 3. The summed E-state index contributed by atoms with van der Waals surface area (Å²) < 4.78 is 45.3. The van der Waals surface area contributed by atoms with Crippen LogP contribution in [0.4, 0.5) is 13.2 Å². The highest BCUT2D eigenvalue weighted by atomic mass is 19.4. The van der Waals surface area contributed by atoms with E-state index in [-0.39, 0.29) is 12.4 Å². The maximum atomic E-state index is 12.9. The average Bonchev–Trinajstić information content (AvgIpc) is 3.42. The number of hydrogen-bond donors (Lipinski definition) is 1. The number of carbonyl (C=O) groups is 1. The Balaban J connectivity index is 1.59. The highest BCUT2D eigenvalue weighted by Crippen LogP contribution is 2.29. The normalized spacial score (nSPS) is 11.5. The van der Waals surface area contributed by atoms with Crippen molar-refractivity contribution in [3.8, 4) is 17.1 Å². The summed E-state index contributed by atoms with van der Waals surface area (Å²) in [6, 6.07) is 14.0. The number of hydrogen-bond acceptors (Lipinski definition) is 4. The molecule has 0 spiro atoms. The van der Waals surface area contributed by atoms with Crippen LogP contribution in [0.5, 0.6) is 0 Å². The maximum Gasteiger partial charge on any atom is 0.416 e. The van der Waals surface area contributed by atoms with Crippen LogP contribution in [0.1, 0.15) is 27.3 Å². The predicted octanol–water partition coefficient (Wildman–Crippen LogP) is 4.78. The second-order valence-electron chi connectivity index (χ2n) is 6.90. The Morgan fingerprint density at radius 1 is 1.13 bits per heavy atom. The molecule has 0 aliphatic heterocycles. The van der Waals surface area contributed by atoms with Crippen molar-refractivity contribution < 1.29 is 22.4 Å². The Labute approximate surface area is 175 Å². The summed E-state index contributed by atoms with van der Waals surface area (Å²) in [5.41, 5.74) is 1.93. The summed E-state index contributed by atoms with van der Waals surface area (Å²) in [4.78, 5) is 16.9. The van der Waals surface area contributed by atoms with E-state index in [1.54, 1.807) is 6.07 Å². The molecule has 4 aromatic rings. The molecule has 1 amide bonds. The number of aryl methyl sites for hydroxylation is 1. The lowest BCUT2D eigenvalue weighted by molar-refractivity contribution is -0.137. The molecule has 0 aliphatic rings. The van der Waals surface area contributed by atoms with Gasteiger partial charge in [-0.1, -0.05) is 29.8 Å². The number of rotatable bonds is 5. The van der Waals surface area contributed by atoms with Gasteiger partial charge in [0.25, 0.3) is 5.91 Å². The molecule has 9 heteroatoms. The zero-order valence-corrected chi connectivity index (χ0v) is 16.3. The number of aromatic nitrogens is 3. The van der Waals surface area contributed by atoms with Crippen LogP contribution in [0.2, 0.25) is 0 Å². The summed E-state index contributed by atoms with van der Waals surface area (Å²) in [6.07, 6.45) is -1.48. The van der Waals surface area contributed by atoms with Gasteiger partial charge in [0.15, 0.2) is 5.82 Å². The zero-order valence-electron chi connectivity index (χ0n) is 16.3. The van der Waals surface area contributed by atoms with E-state index < -0.39 is 17.6 Å². The molecule has 1 N–H and O–H groups in total. The van der Waals surface area contributed by atoms with Crippen LogP contribution < -0.4 is 5.32 Å². The molecule has 2 aromatic heterocycles. The SMILES string of the molecule is Cc1ccc(-n2nc(C(=O)NCc3cccc(C(F)(F)F)c3)nc2-c2ccoc2)cc1. The minimum Gasteiger partial charge on any atom is -0.472 e. The maximum absolute atomic E-state index is 12.9. The first-order valence-electron chi connectivity index (χ1n) is 9.32. The van der Waals surface area contributed by atoms with E-state index in [1.807, 2.05) is 31.2 Å². The molecule has 0 radical (unpaired) electrons. The van der Waals surface area contributed by atoms with Crippen LogP contribution in [0.3, 0.4) is 0 Å². The molecule has 2 aromatic carbocycles. The largest absolute Gasteiger partial charge is 0.472 e. The van der Waals surface area contributed by atoms with Crippen molar-refractivity contribution in [1.29, 1.82) is 0 Å². The van der Waals surface area contributed by atoms with Crippen molar-refractivity contribution in [2.75, 3.05) is 0 Å². The summed E-state index contributed by atoms with van der Waals surface area (Å²) in [7, 11) is 0. The number of nitrogens with one attached hydrogen (secondary N) is 1. The van der Waals surface area contributed by atoms with Gasteiger partial charge in [-0.25, -0.2) is 9.67 Å². The van der Waals surface area contributed by atoms with Crippen molar-refractivity contribution in [3.05, 3.63) is 89.6 Å². The Morgan fingerprint density at radius 3 is 2.58 bits per heavy atom. The third-order valence-electron chi connectivity index (χ3n) is 4.58. The fourth-order valence-corrected chi connectivity index (χ4v) is 2.97. The second kappa shape index (κ2) is 8.10. The van der Waals surface area contributed by atoms with Crippen LogP contribution >= 0.6 is 0 Å². The van der Waals surface area contributed by atoms with Crippen molar-refractivity contribution >= 4 is 5.91 Å². The van der Waals surface area contributed by atoms with Gasteiger partial charge in [0.1, 0.15) is 6.26 Å². The average molecular weight is 426 g/mol. The molecule has 0 atom stereocenters. The van der Waals surface area contributed by atoms with E-state index in [0.29, 0.717) is 22.6 Å². The molecule has 158 valence electrons. The number of furan rings is 1. The molecule has 0 unspecified atom stereocenters. The molecular weight excluding hydrogens is 409 g/mol. The van der Waals surface area contributed by atoms with E-state index in [0.717, 1.165) is 17.7 Å². The first-order valence-corrected chi connectivity index (χ1v) is 9.32. The molecule has 4 rings (SSSR count). The molecule has 0 aliphatic carbocycles. The molecular formula is C22H17F3N4O2. The van der Waals surface area contributed by atoms with E-state index in [1.165, 1.54) is 29.3 Å². The van der Waals surface area contributed by atoms with E-state index >= 15 is 0 Å². The van der Waals surface area contributed by atoms with E-state index in [2.05, 4.69) is 15.4 Å². The van der Waals surface area contributed by atoms with Gasteiger partial charge in [0.05, 0.1) is 23.1 Å². The molecule has 0 bridgehead atoms. The first kappa shape index (κ1) is 20.4. The lowest BCUT2D eigenvalue weighted by Gasteiger charge is -2.09. The molecule has 0 fully saturated rings. The van der Waals surface area contributed by atoms with Crippen LogP contribution in [0.25, 0.3) is 17.1 Å². The Morgan fingerprint density at radius 2 is 1.90 bits per heavy atom. The number of nitrogens with zero attached hydrogens (tertiary/aromatic N) is 3. The number of benzene rings is 2. The fraction of sp³-hybridized carbons (Fsp3) is 0.136. The van der Waals surface area contributed by atoms with Crippen LogP contribution in [-0.2, 0) is 12.7 Å². The summed E-state index contributed by atoms with van der Waals surface area (Å²) in [6.45, 7) is 1.86. The standard InChI is InChI=1S/C22H17F3N4O2/c1-14-5-7-18(8-6-14)29-20(16-9-10-31-13-16)27-19(28-29)21(30)26-12-15-3-2-4-17(11-15)22(23,24)25/h2-11,13H,12H2,1H3,(H,26,30). The van der Waals surface area contributed by atoms with Crippen LogP contribution in [0, 0.1) is 6.92 Å². The van der Waals surface area contributed by atoms with Crippen molar-refractivity contribution in [3.63, 3.8) is 0 Å². The number of amides is 1. The summed E-state index contributed by atoms with van der Waals surface area (Å²) in [5, 5.41) is 6.88. The third-order valence-corrected chi connectivity index (χ3v) is 4.58.